The molecule has 0 radical (unpaired) electrons. The maximum absolute atomic E-state index is 12.4. The normalized spacial score (nSPS) is 17.8. The maximum atomic E-state index is 12.4. The predicted molar refractivity (Wildman–Crippen MR) is 65.9 cm³/mol. The zero-order chi connectivity index (χ0) is 13.9. The Balaban J connectivity index is 1.97. The van der Waals surface area contributed by atoms with Gasteiger partial charge in [-0.25, -0.2) is 4.98 Å². The largest absolute Gasteiger partial charge is 0.417 e. The molecule has 1 N–H and O–H groups in total. The smallest absolute Gasteiger partial charge is 0.396 e. The fourth-order valence-electron chi connectivity index (χ4n) is 2.37. The van der Waals surface area contributed by atoms with E-state index in [4.69, 9.17) is 5.11 Å². The summed E-state index contributed by atoms with van der Waals surface area (Å²) in [6.07, 6.45) is -0.754. The van der Waals surface area contributed by atoms with Crippen LogP contribution in [0.1, 0.15) is 24.8 Å². The lowest BCUT2D eigenvalue weighted by Crippen LogP contribution is -2.34. The minimum atomic E-state index is -4.33. The first kappa shape index (κ1) is 14.1. The Bertz CT molecular complexity index is 397. The standard InChI is InChI=1S/C13H17F3N2O/c14-13(15,16)11-1-2-12(17-9-11)18-6-3-10(4-7-18)5-8-19/h1-2,9-10,19H,3-8H2. The van der Waals surface area contributed by atoms with Gasteiger partial charge in [0.25, 0.3) is 0 Å². The quantitative estimate of drug-likeness (QED) is 0.920. The Morgan fingerprint density at radius 3 is 2.42 bits per heavy atom. The second-order valence-electron chi connectivity index (χ2n) is 4.85. The number of pyridine rings is 1. The molecule has 0 aromatic carbocycles. The van der Waals surface area contributed by atoms with E-state index in [2.05, 4.69) is 4.98 Å². The monoisotopic (exact) mass is 274 g/mol. The van der Waals surface area contributed by atoms with E-state index in [9.17, 15) is 13.2 Å². The highest BCUT2D eigenvalue weighted by Gasteiger charge is 2.31. The fourth-order valence-corrected chi connectivity index (χ4v) is 2.37. The average Bonchev–Trinajstić information content (AvgIpc) is 2.39. The summed E-state index contributed by atoms with van der Waals surface area (Å²) < 4.78 is 37.3. The lowest BCUT2D eigenvalue weighted by Gasteiger charge is -2.32. The lowest BCUT2D eigenvalue weighted by molar-refractivity contribution is -0.137. The van der Waals surface area contributed by atoms with E-state index in [1.54, 1.807) is 0 Å². The summed E-state index contributed by atoms with van der Waals surface area (Å²) in [7, 11) is 0. The van der Waals surface area contributed by atoms with Gasteiger partial charge < -0.3 is 10.0 Å². The number of aliphatic hydroxyl groups excluding tert-OH is 1. The van der Waals surface area contributed by atoms with E-state index < -0.39 is 11.7 Å². The van der Waals surface area contributed by atoms with Gasteiger partial charge in [0.2, 0.25) is 0 Å². The zero-order valence-corrected chi connectivity index (χ0v) is 10.5. The molecule has 0 atom stereocenters. The summed E-state index contributed by atoms with van der Waals surface area (Å²) in [5, 5.41) is 8.88. The van der Waals surface area contributed by atoms with Gasteiger partial charge in [0, 0.05) is 25.9 Å². The van der Waals surface area contributed by atoms with Crippen molar-refractivity contribution in [3.8, 4) is 0 Å². The van der Waals surface area contributed by atoms with Gasteiger partial charge in [-0.15, -0.1) is 0 Å². The number of rotatable bonds is 3. The summed E-state index contributed by atoms with van der Waals surface area (Å²) >= 11 is 0. The second kappa shape index (κ2) is 5.77. The number of halogens is 3. The molecule has 0 unspecified atom stereocenters. The number of hydrogen-bond acceptors (Lipinski definition) is 3. The Hall–Kier alpha value is -1.30. The highest BCUT2D eigenvalue weighted by Crippen LogP contribution is 2.30. The number of piperidine rings is 1. The second-order valence-corrected chi connectivity index (χ2v) is 4.85. The summed E-state index contributed by atoms with van der Waals surface area (Å²) in [5.41, 5.74) is -0.716. The van der Waals surface area contributed by atoms with Crippen molar-refractivity contribution in [1.82, 2.24) is 4.98 Å². The van der Waals surface area contributed by atoms with Crippen LogP contribution in [0.3, 0.4) is 0 Å². The third-order valence-corrected chi connectivity index (χ3v) is 3.55. The summed E-state index contributed by atoms with van der Waals surface area (Å²) in [4.78, 5) is 5.89. The van der Waals surface area contributed by atoms with Crippen molar-refractivity contribution in [1.29, 1.82) is 0 Å². The number of alkyl halides is 3. The number of hydrogen-bond donors (Lipinski definition) is 1. The van der Waals surface area contributed by atoms with Crippen LogP contribution in [0.4, 0.5) is 19.0 Å². The number of anilines is 1. The van der Waals surface area contributed by atoms with Gasteiger partial charge in [0.1, 0.15) is 5.82 Å². The van der Waals surface area contributed by atoms with Crippen molar-refractivity contribution in [3.63, 3.8) is 0 Å². The van der Waals surface area contributed by atoms with Crippen molar-refractivity contribution < 1.29 is 18.3 Å². The van der Waals surface area contributed by atoms with Gasteiger partial charge >= 0.3 is 6.18 Å². The Kier molecular flexibility index (Phi) is 4.29. The predicted octanol–water partition coefficient (Wildman–Crippen LogP) is 2.70. The third kappa shape index (κ3) is 3.59. The molecule has 1 aliphatic heterocycles. The highest BCUT2D eigenvalue weighted by molar-refractivity contribution is 5.40. The molecule has 2 heterocycles. The van der Waals surface area contributed by atoms with E-state index in [0.717, 1.165) is 44.6 Å². The highest BCUT2D eigenvalue weighted by atomic mass is 19.4. The van der Waals surface area contributed by atoms with Crippen LogP contribution in [0.25, 0.3) is 0 Å². The summed E-state index contributed by atoms with van der Waals surface area (Å²) in [5.74, 6) is 1.10. The summed E-state index contributed by atoms with van der Waals surface area (Å²) in [6.45, 7) is 1.76. The molecule has 1 saturated heterocycles. The first-order chi connectivity index (χ1) is 9.00. The minimum absolute atomic E-state index is 0.198. The van der Waals surface area contributed by atoms with Gasteiger partial charge in [0.15, 0.2) is 0 Å². The molecule has 0 saturated carbocycles. The molecule has 19 heavy (non-hydrogen) atoms. The molecule has 6 heteroatoms. The van der Waals surface area contributed by atoms with Crippen molar-refractivity contribution in [2.45, 2.75) is 25.4 Å². The SMILES string of the molecule is OCCC1CCN(c2ccc(C(F)(F)F)cn2)CC1. The molecule has 1 aliphatic rings. The lowest BCUT2D eigenvalue weighted by atomic mass is 9.94. The number of aromatic nitrogens is 1. The minimum Gasteiger partial charge on any atom is -0.396 e. The molecule has 0 aliphatic carbocycles. The van der Waals surface area contributed by atoms with Crippen molar-refractivity contribution in [2.75, 3.05) is 24.6 Å². The molecule has 106 valence electrons. The van der Waals surface area contributed by atoms with Crippen molar-refractivity contribution in [3.05, 3.63) is 23.9 Å². The molecule has 1 fully saturated rings. The molecule has 0 spiro atoms. The zero-order valence-electron chi connectivity index (χ0n) is 10.5. The van der Waals surface area contributed by atoms with E-state index in [0.29, 0.717) is 11.7 Å². The van der Waals surface area contributed by atoms with Crippen LogP contribution in [-0.2, 0) is 6.18 Å². The Morgan fingerprint density at radius 2 is 1.95 bits per heavy atom. The first-order valence-electron chi connectivity index (χ1n) is 6.40. The fraction of sp³-hybridized carbons (Fsp3) is 0.615. The molecular weight excluding hydrogens is 257 g/mol. The van der Waals surface area contributed by atoms with Crippen LogP contribution in [-0.4, -0.2) is 29.8 Å². The molecule has 1 aromatic heterocycles. The van der Waals surface area contributed by atoms with Crippen LogP contribution in [0.2, 0.25) is 0 Å². The number of aliphatic hydroxyl groups is 1. The van der Waals surface area contributed by atoms with E-state index in [1.165, 1.54) is 6.07 Å². The van der Waals surface area contributed by atoms with Crippen LogP contribution < -0.4 is 4.90 Å². The molecule has 3 nitrogen and oxygen atoms in total. The topological polar surface area (TPSA) is 36.4 Å². The molecule has 1 aromatic rings. The van der Waals surface area contributed by atoms with E-state index in [-0.39, 0.29) is 6.61 Å². The average molecular weight is 274 g/mol. The number of nitrogens with zero attached hydrogens (tertiary/aromatic N) is 2. The van der Waals surface area contributed by atoms with Gasteiger partial charge in [-0.05, 0) is 37.3 Å². The Morgan fingerprint density at radius 1 is 1.26 bits per heavy atom. The molecule has 0 bridgehead atoms. The third-order valence-electron chi connectivity index (χ3n) is 3.55. The van der Waals surface area contributed by atoms with Crippen molar-refractivity contribution in [2.24, 2.45) is 5.92 Å². The molecule has 2 rings (SSSR count). The van der Waals surface area contributed by atoms with E-state index >= 15 is 0 Å². The van der Waals surface area contributed by atoms with Crippen LogP contribution in [0, 0.1) is 5.92 Å². The van der Waals surface area contributed by atoms with Crippen molar-refractivity contribution >= 4 is 5.82 Å². The van der Waals surface area contributed by atoms with E-state index in [1.807, 2.05) is 4.90 Å². The Labute approximate surface area is 110 Å². The van der Waals surface area contributed by atoms with Gasteiger partial charge in [-0.3, -0.25) is 0 Å². The maximum Gasteiger partial charge on any atom is 0.417 e. The van der Waals surface area contributed by atoms with Crippen LogP contribution in [0.5, 0.6) is 0 Å². The van der Waals surface area contributed by atoms with Gasteiger partial charge in [0.05, 0.1) is 5.56 Å². The molecular formula is C13H17F3N2O. The molecule has 0 amide bonds. The van der Waals surface area contributed by atoms with Crippen LogP contribution >= 0.6 is 0 Å². The summed E-state index contributed by atoms with van der Waals surface area (Å²) in [6, 6.07) is 2.50. The van der Waals surface area contributed by atoms with Gasteiger partial charge in [-0.2, -0.15) is 13.2 Å². The first-order valence-corrected chi connectivity index (χ1v) is 6.40. The van der Waals surface area contributed by atoms with Crippen LogP contribution in [0.15, 0.2) is 18.3 Å². The van der Waals surface area contributed by atoms with Gasteiger partial charge in [-0.1, -0.05) is 0 Å².